The summed E-state index contributed by atoms with van der Waals surface area (Å²) in [6.07, 6.45) is 4.11. The Labute approximate surface area is 423 Å². The molecule has 22 heteroatoms. The number of urea groups is 1. The van der Waals surface area contributed by atoms with Crippen LogP contribution in [0.25, 0.3) is 11.3 Å². The highest BCUT2D eigenvalue weighted by Gasteiger charge is 2.39. The Morgan fingerprint density at radius 1 is 0.918 bits per heavy atom. The van der Waals surface area contributed by atoms with Gasteiger partial charge in [0.2, 0.25) is 11.8 Å². The number of Topliss-reactive ketones (excluding diaryl/α,β-unsaturated/α-hetero) is 1. The Hall–Kier alpha value is -7.10. The van der Waals surface area contributed by atoms with Gasteiger partial charge in [0.05, 0.1) is 17.8 Å². The molecule has 0 unspecified atom stereocenters. The van der Waals surface area contributed by atoms with Crippen LogP contribution < -0.4 is 27.5 Å². The Morgan fingerprint density at radius 3 is 2.23 bits per heavy atom. The van der Waals surface area contributed by atoms with Crippen molar-refractivity contribution in [3.8, 4) is 11.3 Å². The number of carbonyl (C=O) groups is 8. The smallest absolute Gasteiger partial charge is 0.428 e. The van der Waals surface area contributed by atoms with Gasteiger partial charge in [0, 0.05) is 81.9 Å². The first-order chi connectivity index (χ1) is 34.5. The van der Waals surface area contributed by atoms with Gasteiger partial charge in [-0.2, -0.15) is 0 Å². The number of alkyl halides is 1. The predicted octanol–water partition coefficient (Wildman–Crippen LogP) is 5.23. The quantitative estimate of drug-likeness (QED) is 0.0375. The van der Waals surface area contributed by atoms with E-state index in [0.29, 0.717) is 24.3 Å². The molecule has 73 heavy (non-hydrogen) atoms. The van der Waals surface area contributed by atoms with Crippen LogP contribution in [0.4, 0.5) is 22.8 Å². The van der Waals surface area contributed by atoms with E-state index in [-0.39, 0.29) is 93.1 Å². The number of rotatable bonds is 27. The van der Waals surface area contributed by atoms with Crippen molar-refractivity contribution in [2.24, 2.45) is 28.7 Å². The summed E-state index contributed by atoms with van der Waals surface area (Å²) in [4.78, 5) is 111. The van der Waals surface area contributed by atoms with Gasteiger partial charge in [0.1, 0.15) is 24.1 Å². The van der Waals surface area contributed by atoms with E-state index in [1.807, 2.05) is 51.1 Å². The van der Waals surface area contributed by atoms with Crippen molar-refractivity contribution in [3.05, 3.63) is 89.9 Å². The summed E-state index contributed by atoms with van der Waals surface area (Å²) in [6, 6.07) is 8.47. The van der Waals surface area contributed by atoms with Crippen molar-refractivity contribution in [3.63, 3.8) is 0 Å². The van der Waals surface area contributed by atoms with Crippen LogP contribution in [0.1, 0.15) is 103 Å². The number of nitrogens with two attached hydrogens (primary N) is 2. The minimum absolute atomic E-state index is 0.0226. The number of imidazole rings is 1. The Bertz CT molecular complexity index is 2430. The number of imide groups is 1. The lowest BCUT2D eigenvalue weighted by Crippen LogP contribution is -2.49. The molecule has 7 N–H and O–H groups in total. The molecule has 398 valence electrons. The van der Waals surface area contributed by atoms with Gasteiger partial charge in [-0.25, -0.2) is 32.8 Å². The Balaban J connectivity index is 1.50. The number of hydrogen-bond donors (Lipinski definition) is 5. The number of benzene rings is 2. The Kier molecular flexibility index (Phi) is 22.1. The highest BCUT2D eigenvalue weighted by atomic mass is 19.1. The molecule has 1 aliphatic rings. The topological polar surface area (TPSA) is 261 Å². The summed E-state index contributed by atoms with van der Waals surface area (Å²) < 4.78 is 50.7. The van der Waals surface area contributed by atoms with E-state index >= 15 is 4.39 Å². The second-order valence-electron chi connectivity index (χ2n) is 19.4. The maximum absolute atomic E-state index is 15.2. The average molecular weight is 1020 g/mol. The number of halogens is 3. The van der Waals surface area contributed by atoms with Crippen LogP contribution in [-0.4, -0.2) is 124 Å². The number of primary amides is 1. The molecule has 1 aliphatic heterocycles. The van der Waals surface area contributed by atoms with Gasteiger partial charge in [-0.05, 0) is 67.2 Å². The molecule has 0 saturated heterocycles. The molecule has 19 nitrogen and oxygen atoms in total. The molecule has 4 atom stereocenters. The van der Waals surface area contributed by atoms with Crippen LogP contribution in [0.3, 0.4) is 0 Å². The molecule has 0 fully saturated rings. The zero-order valence-corrected chi connectivity index (χ0v) is 42.3. The van der Waals surface area contributed by atoms with Crippen molar-refractivity contribution >= 4 is 47.4 Å². The summed E-state index contributed by atoms with van der Waals surface area (Å²) in [6.45, 7) is 7.47. The summed E-state index contributed by atoms with van der Waals surface area (Å²) in [5.41, 5.74) is 13.5. The normalized spacial score (nSPS) is 14.1. The molecule has 3 aromatic rings. The van der Waals surface area contributed by atoms with E-state index in [1.165, 1.54) is 17.1 Å². The van der Waals surface area contributed by atoms with E-state index in [9.17, 15) is 47.1 Å². The third kappa shape index (κ3) is 17.9. The van der Waals surface area contributed by atoms with Crippen LogP contribution in [0.15, 0.2) is 66.9 Å². The lowest BCUT2D eigenvalue weighted by atomic mass is 9.84. The van der Waals surface area contributed by atoms with Gasteiger partial charge in [0.15, 0.2) is 12.4 Å². The first kappa shape index (κ1) is 58.5. The lowest BCUT2D eigenvalue weighted by molar-refractivity contribution is -0.140. The monoisotopic (exact) mass is 1020 g/mol. The van der Waals surface area contributed by atoms with Crippen molar-refractivity contribution in [2.45, 2.75) is 111 Å². The lowest BCUT2D eigenvalue weighted by Gasteiger charge is -2.40. The number of amides is 8. The standard InChI is InChI=1S/C51H69F3N10O9/c1-32(2)45(59-41(66)17-11-8-12-24-63-42(67)20-21-43(63)68)40(65)26-34(16-13-23-57-49(56)71)48(70)60-61(6)50(72)73-31-44(69)64(25-22-36(55)28-52)46(51(3,4)5)47-58-39(37-27-35(53)18-19-38(37)54)30-62(47)29-33-14-9-7-10-15-33/h7,9-10,14-15,18-21,27,30,32,34,36,45-46H,8,11-13,16-17,22-26,28-29,31,55H2,1-6H3,(H,59,66)(H,60,70)(H3,56,57,71)/t34-,36+,45+,46+/m1/s1. The number of nitrogens with one attached hydrogen (secondary N) is 3. The van der Waals surface area contributed by atoms with E-state index in [0.717, 1.165) is 35.7 Å². The van der Waals surface area contributed by atoms with Crippen LogP contribution in [0, 0.1) is 28.9 Å². The summed E-state index contributed by atoms with van der Waals surface area (Å²) in [7, 11) is 1.16. The molecule has 4 rings (SSSR count). The minimum atomic E-state index is -1.17. The fourth-order valence-corrected chi connectivity index (χ4v) is 8.26. The van der Waals surface area contributed by atoms with E-state index in [4.69, 9.17) is 21.2 Å². The number of ether oxygens (including phenoxy) is 1. The van der Waals surface area contributed by atoms with Crippen molar-refractivity contribution in [1.82, 2.24) is 40.4 Å². The molecule has 0 aliphatic carbocycles. The SMILES string of the molecule is CC(C)[C@H](NC(=O)CCCCCN1C(=O)C=CC1=O)C(=O)C[C@@H](CCCNC(N)=O)C(=O)NN(C)C(=O)OCC(=O)N(CC[C@H](N)CF)[C@@H](c1nc(-c2cc(F)ccc2F)cn1Cc1ccccc1)C(C)(C)C. The molecule has 2 heterocycles. The highest BCUT2D eigenvalue weighted by Crippen LogP contribution is 2.40. The number of hydrazine groups is 1. The molecule has 8 amide bonds. The van der Waals surface area contributed by atoms with E-state index < -0.39 is 90.0 Å². The third-order valence-electron chi connectivity index (χ3n) is 12.1. The number of hydrogen-bond acceptors (Lipinski definition) is 11. The van der Waals surface area contributed by atoms with Gasteiger partial charge < -0.3 is 36.3 Å². The zero-order valence-electron chi connectivity index (χ0n) is 42.3. The van der Waals surface area contributed by atoms with Crippen LogP contribution in [0.2, 0.25) is 0 Å². The van der Waals surface area contributed by atoms with Gasteiger partial charge in [-0.1, -0.05) is 71.4 Å². The maximum atomic E-state index is 15.2. The van der Waals surface area contributed by atoms with Gasteiger partial charge in [0.25, 0.3) is 17.7 Å². The van der Waals surface area contributed by atoms with Crippen LogP contribution >= 0.6 is 0 Å². The van der Waals surface area contributed by atoms with Gasteiger partial charge in [-0.15, -0.1) is 0 Å². The van der Waals surface area contributed by atoms with Crippen LogP contribution in [0.5, 0.6) is 0 Å². The Morgan fingerprint density at radius 2 is 1.60 bits per heavy atom. The second kappa shape index (κ2) is 27.6. The average Bonchev–Trinajstić information content (AvgIpc) is 3.89. The number of carbonyl (C=O) groups excluding carboxylic acids is 8. The van der Waals surface area contributed by atoms with E-state index in [1.54, 1.807) is 24.6 Å². The fourth-order valence-electron chi connectivity index (χ4n) is 8.26. The first-order valence-corrected chi connectivity index (χ1v) is 24.3. The fraction of sp³-hybridized carbons (Fsp3) is 0.510. The minimum Gasteiger partial charge on any atom is -0.438 e. The summed E-state index contributed by atoms with van der Waals surface area (Å²) >= 11 is 0. The van der Waals surface area contributed by atoms with Gasteiger partial charge >= 0.3 is 12.1 Å². The summed E-state index contributed by atoms with van der Waals surface area (Å²) in [5, 5.41) is 5.87. The molecule has 0 radical (unpaired) electrons. The largest absolute Gasteiger partial charge is 0.438 e. The number of aromatic nitrogens is 2. The van der Waals surface area contributed by atoms with Crippen LogP contribution in [-0.2, 0) is 40.0 Å². The molecule has 2 aromatic carbocycles. The van der Waals surface area contributed by atoms with Crippen molar-refractivity contribution < 1.29 is 56.3 Å². The molecule has 0 bridgehead atoms. The highest BCUT2D eigenvalue weighted by molar-refractivity contribution is 6.12. The number of ketones is 1. The molecule has 0 saturated carbocycles. The maximum Gasteiger partial charge on any atom is 0.428 e. The molecular weight excluding hydrogens is 954 g/mol. The zero-order chi connectivity index (χ0) is 54.0. The number of nitrogens with zero attached hydrogens (tertiary/aromatic N) is 5. The number of unbranched alkanes of at least 4 members (excludes halogenated alkanes) is 2. The molecule has 1 aromatic heterocycles. The molecule has 0 spiro atoms. The van der Waals surface area contributed by atoms with Crippen molar-refractivity contribution in [1.29, 1.82) is 0 Å². The van der Waals surface area contributed by atoms with E-state index in [2.05, 4.69) is 16.1 Å². The third-order valence-corrected chi connectivity index (χ3v) is 12.1. The summed E-state index contributed by atoms with van der Waals surface area (Å²) in [5.74, 6) is -5.85. The van der Waals surface area contributed by atoms with Gasteiger partial charge in [-0.3, -0.25) is 39.1 Å². The first-order valence-electron chi connectivity index (χ1n) is 24.3. The van der Waals surface area contributed by atoms with Crippen molar-refractivity contribution in [2.75, 3.05) is 40.0 Å². The molecular formula is C51H69F3N10O9. The predicted molar refractivity (Wildman–Crippen MR) is 264 cm³/mol. The second-order valence-corrected chi connectivity index (χ2v) is 19.4.